The minimum absolute atomic E-state index is 0.742. The predicted molar refractivity (Wildman–Crippen MR) is 77.6 cm³/mol. The van der Waals surface area contributed by atoms with Crippen molar-refractivity contribution in [1.29, 1.82) is 0 Å². The summed E-state index contributed by atoms with van der Waals surface area (Å²) in [7, 11) is 2.03. The quantitative estimate of drug-likeness (QED) is 0.786. The second-order valence-corrected chi connectivity index (χ2v) is 4.79. The van der Waals surface area contributed by atoms with Gasteiger partial charge in [-0.2, -0.15) is 0 Å². The van der Waals surface area contributed by atoms with Crippen LogP contribution in [0.2, 0.25) is 0 Å². The number of aldehydes is 1. The third-order valence-corrected chi connectivity index (χ3v) is 3.17. The van der Waals surface area contributed by atoms with Crippen LogP contribution >= 0.6 is 0 Å². The van der Waals surface area contributed by atoms with Gasteiger partial charge in [-0.25, -0.2) is 0 Å². The lowest BCUT2D eigenvalue weighted by Gasteiger charge is -2.20. The Morgan fingerprint density at radius 1 is 1.21 bits per heavy atom. The molecule has 0 saturated carbocycles. The number of aryl methyl sites for hydroxylation is 2. The average molecular weight is 254 g/mol. The van der Waals surface area contributed by atoms with Crippen LogP contribution in [0.1, 0.15) is 27.3 Å². The molecule has 3 heteroatoms. The van der Waals surface area contributed by atoms with Gasteiger partial charge in [0.2, 0.25) is 0 Å². The number of nitrogens with zero attached hydrogens (tertiary/aromatic N) is 2. The molecule has 0 unspecified atom stereocenters. The number of anilines is 1. The normalized spacial score (nSPS) is 10.3. The highest BCUT2D eigenvalue weighted by molar-refractivity contribution is 5.78. The lowest BCUT2D eigenvalue weighted by Crippen LogP contribution is -2.17. The molecular formula is C16H18N2O. The summed E-state index contributed by atoms with van der Waals surface area (Å²) in [5.74, 6) is 0. The van der Waals surface area contributed by atoms with Gasteiger partial charge in [0.25, 0.3) is 0 Å². The van der Waals surface area contributed by atoms with E-state index in [0.29, 0.717) is 0 Å². The molecule has 19 heavy (non-hydrogen) atoms. The molecule has 0 N–H and O–H groups in total. The van der Waals surface area contributed by atoms with Crippen LogP contribution in [-0.4, -0.2) is 18.3 Å². The zero-order valence-electron chi connectivity index (χ0n) is 11.6. The molecule has 0 fully saturated rings. The van der Waals surface area contributed by atoms with Crippen molar-refractivity contribution in [2.75, 3.05) is 11.9 Å². The van der Waals surface area contributed by atoms with Crippen molar-refractivity contribution < 1.29 is 4.79 Å². The Hall–Kier alpha value is -2.16. The van der Waals surface area contributed by atoms with E-state index in [4.69, 9.17) is 0 Å². The zero-order valence-corrected chi connectivity index (χ0v) is 11.6. The molecule has 1 aromatic carbocycles. The van der Waals surface area contributed by atoms with E-state index < -0.39 is 0 Å². The average Bonchev–Trinajstić information content (AvgIpc) is 2.38. The fraction of sp³-hybridized carbons (Fsp3) is 0.250. The first-order valence-corrected chi connectivity index (χ1v) is 6.29. The van der Waals surface area contributed by atoms with Gasteiger partial charge in [-0.1, -0.05) is 6.07 Å². The molecule has 1 heterocycles. The smallest absolute Gasteiger partial charge is 0.150 e. The summed E-state index contributed by atoms with van der Waals surface area (Å²) in [6.45, 7) is 4.69. The van der Waals surface area contributed by atoms with Crippen LogP contribution in [-0.2, 0) is 6.54 Å². The first kappa shape index (κ1) is 13.3. The van der Waals surface area contributed by atoms with E-state index in [1.807, 2.05) is 57.3 Å². The molecule has 0 amide bonds. The monoisotopic (exact) mass is 254 g/mol. The van der Waals surface area contributed by atoms with Gasteiger partial charge in [0.15, 0.2) is 0 Å². The van der Waals surface area contributed by atoms with Crippen molar-refractivity contribution in [3.63, 3.8) is 0 Å². The Kier molecular flexibility index (Phi) is 3.95. The number of pyridine rings is 1. The number of aromatic nitrogens is 1. The highest BCUT2D eigenvalue weighted by atomic mass is 16.1. The number of benzene rings is 1. The molecule has 0 radical (unpaired) electrons. The lowest BCUT2D eigenvalue weighted by molar-refractivity contribution is 0.112. The molecule has 0 bridgehead atoms. The molecule has 98 valence electrons. The minimum atomic E-state index is 0.742. The second-order valence-electron chi connectivity index (χ2n) is 4.79. The van der Waals surface area contributed by atoms with E-state index in [2.05, 4.69) is 9.88 Å². The van der Waals surface area contributed by atoms with Crippen LogP contribution in [0.5, 0.6) is 0 Å². The van der Waals surface area contributed by atoms with Gasteiger partial charge in [-0.15, -0.1) is 0 Å². The van der Waals surface area contributed by atoms with Crippen molar-refractivity contribution in [3.05, 3.63) is 58.9 Å². The van der Waals surface area contributed by atoms with Crippen LogP contribution in [0.25, 0.3) is 0 Å². The van der Waals surface area contributed by atoms with E-state index >= 15 is 0 Å². The molecule has 0 aliphatic rings. The Morgan fingerprint density at radius 2 is 2.00 bits per heavy atom. The molecular weight excluding hydrogens is 236 g/mol. The topological polar surface area (TPSA) is 33.2 Å². The van der Waals surface area contributed by atoms with Gasteiger partial charge in [0.1, 0.15) is 6.29 Å². The molecule has 0 aliphatic carbocycles. The molecule has 3 nitrogen and oxygen atoms in total. The fourth-order valence-corrected chi connectivity index (χ4v) is 2.05. The molecule has 0 atom stereocenters. The summed E-state index contributed by atoms with van der Waals surface area (Å²) in [5.41, 5.74) is 4.90. The van der Waals surface area contributed by atoms with Gasteiger partial charge in [0.05, 0.1) is 12.2 Å². The Morgan fingerprint density at radius 3 is 2.63 bits per heavy atom. The van der Waals surface area contributed by atoms with Crippen molar-refractivity contribution in [1.82, 2.24) is 4.98 Å². The molecule has 0 saturated heterocycles. The third kappa shape index (κ3) is 3.19. The second kappa shape index (κ2) is 5.65. The summed E-state index contributed by atoms with van der Waals surface area (Å²) in [5, 5.41) is 0. The van der Waals surface area contributed by atoms with Crippen molar-refractivity contribution in [3.8, 4) is 0 Å². The third-order valence-electron chi connectivity index (χ3n) is 3.17. The van der Waals surface area contributed by atoms with E-state index in [1.54, 1.807) is 0 Å². The van der Waals surface area contributed by atoms with Gasteiger partial charge < -0.3 is 4.90 Å². The molecule has 0 aliphatic heterocycles. The fourth-order valence-electron chi connectivity index (χ4n) is 2.05. The van der Waals surface area contributed by atoms with Crippen LogP contribution < -0.4 is 4.90 Å². The Labute approximate surface area is 113 Å². The van der Waals surface area contributed by atoms with Crippen molar-refractivity contribution in [2.45, 2.75) is 20.4 Å². The SMILES string of the molecule is Cc1cccc(CN(C)c2ccc(C=O)c(C)c2)n1. The highest BCUT2D eigenvalue weighted by Crippen LogP contribution is 2.18. The zero-order chi connectivity index (χ0) is 13.8. The number of carbonyl (C=O) groups excluding carboxylic acids is 1. The number of hydrogen-bond acceptors (Lipinski definition) is 3. The van der Waals surface area contributed by atoms with Crippen LogP contribution in [0, 0.1) is 13.8 Å². The summed E-state index contributed by atoms with van der Waals surface area (Å²) in [6, 6.07) is 11.9. The summed E-state index contributed by atoms with van der Waals surface area (Å²) in [4.78, 5) is 17.4. The minimum Gasteiger partial charge on any atom is -0.369 e. The number of rotatable bonds is 4. The first-order chi connectivity index (χ1) is 9.10. The van der Waals surface area contributed by atoms with Crippen LogP contribution in [0.4, 0.5) is 5.69 Å². The summed E-state index contributed by atoms with van der Waals surface area (Å²) < 4.78 is 0. The largest absolute Gasteiger partial charge is 0.369 e. The maximum Gasteiger partial charge on any atom is 0.150 e. The van der Waals surface area contributed by atoms with Gasteiger partial charge in [0, 0.05) is 24.0 Å². The van der Waals surface area contributed by atoms with Crippen LogP contribution in [0.3, 0.4) is 0 Å². The van der Waals surface area contributed by atoms with E-state index in [9.17, 15) is 4.79 Å². The van der Waals surface area contributed by atoms with Gasteiger partial charge >= 0.3 is 0 Å². The van der Waals surface area contributed by atoms with E-state index in [1.165, 1.54) is 0 Å². The Balaban J connectivity index is 2.18. The predicted octanol–water partition coefficient (Wildman–Crippen LogP) is 3.15. The maximum absolute atomic E-state index is 10.8. The molecule has 0 spiro atoms. The molecule has 2 aromatic rings. The number of hydrogen-bond donors (Lipinski definition) is 0. The van der Waals surface area contributed by atoms with Crippen molar-refractivity contribution in [2.24, 2.45) is 0 Å². The van der Waals surface area contributed by atoms with E-state index in [0.717, 1.165) is 41.0 Å². The first-order valence-electron chi connectivity index (χ1n) is 6.29. The number of carbonyl (C=O) groups is 1. The molecule has 2 rings (SSSR count). The van der Waals surface area contributed by atoms with E-state index in [-0.39, 0.29) is 0 Å². The maximum atomic E-state index is 10.8. The van der Waals surface area contributed by atoms with Crippen LogP contribution in [0.15, 0.2) is 36.4 Å². The van der Waals surface area contributed by atoms with Gasteiger partial charge in [-0.05, 0) is 49.7 Å². The van der Waals surface area contributed by atoms with Crippen molar-refractivity contribution >= 4 is 12.0 Å². The van der Waals surface area contributed by atoms with Gasteiger partial charge in [-0.3, -0.25) is 9.78 Å². The Bertz CT molecular complexity index is 593. The highest BCUT2D eigenvalue weighted by Gasteiger charge is 2.05. The molecule has 1 aromatic heterocycles. The lowest BCUT2D eigenvalue weighted by atomic mass is 10.1. The standard InChI is InChI=1S/C16H18N2O/c1-12-9-16(8-7-14(12)11-19)18(3)10-15-6-4-5-13(2)17-15/h4-9,11H,10H2,1-3H3. The summed E-state index contributed by atoms with van der Waals surface area (Å²) >= 11 is 0. The summed E-state index contributed by atoms with van der Waals surface area (Å²) in [6.07, 6.45) is 0.890.